The van der Waals surface area contributed by atoms with Gasteiger partial charge in [-0.15, -0.1) is 0 Å². The molecule has 0 spiro atoms. The summed E-state index contributed by atoms with van der Waals surface area (Å²) in [6.07, 6.45) is 0. The van der Waals surface area contributed by atoms with Crippen molar-refractivity contribution in [2.24, 2.45) is 0 Å². The molecule has 0 heterocycles. The molecular formula is C11H16N2O3. The van der Waals surface area contributed by atoms with E-state index < -0.39 is 4.92 Å². The number of nitro benzene ring substituents is 1. The van der Waals surface area contributed by atoms with E-state index in [4.69, 9.17) is 5.11 Å². The zero-order valence-electron chi connectivity index (χ0n) is 9.38. The van der Waals surface area contributed by atoms with Crippen LogP contribution in [0.1, 0.15) is 25.5 Å². The zero-order chi connectivity index (χ0) is 12.1. The standard InChI is InChI=1S/C11H16N2O3/c1-8(7-14)12-9(2)10-4-3-5-11(6-10)13(15)16/h3-6,8-9,12,14H,7H2,1-2H3/t8-,9?/m0/s1. The van der Waals surface area contributed by atoms with Crippen LogP contribution in [0, 0.1) is 10.1 Å². The van der Waals surface area contributed by atoms with Crippen LogP contribution in [0.4, 0.5) is 5.69 Å². The maximum absolute atomic E-state index is 10.6. The van der Waals surface area contributed by atoms with Gasteiger partial charge in [0.1, 0.15) is 0 Å². The Morgan fingerprint density at radius 3 is 2.75 bits per heavy atom. The van der Waals surface area contributed by atoms with E-state index in [9.17, 15) is 10.1 Å². The van der Waals surface area contributed by atoms with Crippen molar-refractivity contribution in [1.29, 1.82) is 0 Å². The molecule has 1 aromatic carbocycles. The molecule has 0 bridgehead atoms. The minimum atomic E-state index is -0.411. The van der Waals surface area contributed by atoms with Crippen LogP contribution in [-0.4, -0.2) is 22.7 Å². The van der Waals surface area contributed by atoms with Gasteiger partial charge < -0.3 is 10.4 Å². The Balaban J connectivity index is 2.79. The van der Waals surface area contributed by atoms with Crippen molar-refractivity contribution in [3.8, 4) is 0 Å². The first-order valence-electron chi connectivity index (χ1n) is 5.16. The number of nitrogens with one attached hydrogen (secondary N) is 1. The molecule has 2 N–H and O–H groups in total. The first kappa shape index (κ1) is 12.6. The summed E-state index contributed by atoms with van der Waals surface area (Å²) in [5.74, 6) is 0. The minimum absolute atomic E-state index is 0.0259. The van der Waals surface area contributed by atoms with Gasteiger partial charge in [-0.05, 0) is 19.4 Å². The molecule has 1 unspecified atom stereocenters. The lowest BCUT2D eigenvalue weighted by molar-refractivity contribution is -0.384. The fourth-order valence-corrected chi connectivity index (χ4v) is 1.48. The summed E-state index contributed by atoms with van der Waals surface area (Å²) >= 11 is 0. The summed E-state index contributed by atoms with van der Waals surface area (Å²) in [5.41, 5.74) is 0.928. The van der Waals surface area contributed by atoms with Gasteiger partial charge in [0, 0.05) is 24.2 Å². The van der Waals surface area contributed by atoms with E-state index in [2.05, 4.69) is 5.32 Å². The molecule has 0 amide bonds. The average Bonchev–Trinajstić information content (AvgIpc) is 2.28. The average molecular weight is 224 g/mol. The number of nitro groups is 1. The minimum Gasteiger partial charge on any atom is -0.395 e. The summed E-state index contributed by atoms with van der Waals surface area (Å²) in [7, 11) is 0. The van der Waals surface area contributed by atoms with E-state index in [1.807, 2.05) is 19.9 Å². The van der Waals surface area contributed by atoms with Crippen molar-refractivity contribution in [1.82, 2.24) is 5.32 Å². The second-order valence-corrected chi connectivity index (χ2v) is 3.82. The predicted molar refractivity (Wildman–Crippen MR) is 61.2 cm³/mol. The summed E-state index contributed by atoms with van der Waals surface area (Å²) in [5, 5.41) is 22.6. The molecule has 0 fully saturated rings. The molecule has 0 aromatic heterocycles. The lowest BCUT2D eigenvalue weighted by Gasteiger charge is -2.18. The Hall–Kier alpha value is -1.46. The first-order valence-corrected chi connectivity index (χ1v) is 5.16. The van der Waals surface area contributed by atoms with E-state index in [0.29, 0.717) is 0 Å². The fourth-order valence-electron chi connectivity index (χ4n) is 1.48. The quantitative estimate of drug-likeness (QED) is 0.588. The summed E-state index contributed by atoms with van der Waals surface area (Å²) in [6.45, 7) is 3.80. The van der Waals surface area contributed by atoms with E-state index in [1.165, 1.54) is 6.07 Å². The summed E-state index contributed by atoms with van der Waals surface area (Å²) in [6, 6.07) is 6.44. The van der Waals surface area contributed by atoms with Crippen LogP contribution in [-0.2, 0) is 0 Å². The van der Waals surface area contributed by atoms with Gasteiger partial charge in [0.2, 0.25) is 0 Å². The molecule has 88 valence electrons. The molecule has 16 heavy (non-hydrogen) atoms. The third-order valence-electron chi connectivity index (χ3n) is 2.39. The summed E-state index contributed by atoms with van der Waals surface area (Å²) < 4.78 is 0. The van der Waals surface area contributed by atoms with Gasteiger partial charge >= 0.3 is 0 Å². The van der Waals surface area contributed by atoms with Gasteiger partial charge in [-0.2, -0.15) is 0 Å². The molecule has 2 atom stereocenters. The highest BCUT2D eigenvalue weighted by Crippen LogP contribution is 2.19. The van der Waals surface area contributed by atoms with Crippen LogP contribution >= 0.6 is 0 Å². The van der Waals surface area contributed by atoms with Crippen molar-refractivity contribution < 1.29 is 10.0 Å². The molecular weight excluding hydrogens is 208 g/mol. The number of aliphatic hydroxyl groups is 1. The largest absolute Gasteiger partial charge is 0.395 e. The van der Waals surface area contributed by atoms with Crippen molar-refractivity contribution in [3.05, 3.63) is 39.9 Å². The highest BCUT2D eigenvalue weighted by Gasteiger charge is 2.12. The van der Waals surface area contributed by atoms with E-state index in [1.54, 1.807) is 12.1 Å². The second kappa shape index (κ2) is 5.58. The smallest absolute Gasteiger partial charge is 0.269 e. The number of rotatable bonds is 5. The Labute approximate surface area is 94.3 Å². The topological polar surface area (TPSA) is 75.4 Å². The SMILES string of the molecule is CC(N[C@@H](C)CO)c1cccc([N+](=O)[O-])c1. The number of hydrogen-bond donors (Lipinski definition) is 2. The fraction of sp³-hybridized carbons (Fsp3) is 0.455. The lowest BCUT2D eigenvalue weighted by Crippen LogP contribution is -2.31. The second-order valence-electron chi connectivity index (χ2n) is 3.82. The number of non-ortho nitro benzene ring substituents is 1. The van der Waals surface area contributed by atoms with Crippen molar-refractivity contribution in [2.45, 2.75) is 25.9 Å². The Morgan fingerprint density at radius 2 is 2.19 bits per heavy atom. The van der Waals surface area contributed by atoms with Gasteiger partial charge in [0.05, 0.1) is 11.5 Å². The van der Waals surface area contributed by atoms with Crippen LogP contribution in [0.25, 0.3) is 0 Å². The third kappa shape index (κ3) is 3.29. The molecule has 5 nitrogen and oxygen atoms in total. The van der Waals surface area contributed by atoms with Gasteiger partial charge in [-0.1, -0.05) is 12.1 Å². The molecule has 0 saturated heterocycles. The number of hydrogen-bond acceptors (Lipinski definition) is 4. The molecule has 1 aromatic rings. The van der Waals surface area contributed by atoms with Crippen molar-refractivity contribution in [3.63, 3.8) is 0 Å². The molecule has 0 aliphatic carbocycles. The predicted octanol–water partition coefficient (Wildman–Crippen LogP) is 1.63. The number of benzene rings is 1. The van der Waals surface area contributed by atoms with Gasteiger partial charge in [0.25, 0.3) is 5.69 Å². The number of nitrogens with zero attached hydrogens (tertiary/aromatic N) is 1. The Kier molecular flexibility index (Phi) is 4.39. The van der Waals surface area contributed by atoms with E-state index in [0.717, 1.165) is 5.56 Å². The van der Waals surface area contributed by atoms with Crippen LogP contribution < -0.4 is 5.32 Å². The molecule has 1 rings (SSSR count). The maximum atomic E-state index is 10.6. The van der Waals surface area contributed by atoms with Crippen LogP contribution in [0.15, 0.2) is 24.3 Å². The Bertz CT molecular complexity index is 368. The zero-order valence-corrected chi connectivity index (χ0v) is 9.38. The monoisotopic (exact) mass is 224 g/mol. The molecule has 0 saturated carbocycles. The number of aliphatic hydroxyl groups excluding tert-OH is 1. The van der Waals surface area contributed by atoms with Crippen LogP contribution in [0.2, 0.25) is 0 Å². The third-order valence-corrected chi connectivity index (χ3v) is 2.39. The Morgan fingerprint density at radius 1 is 1.50 bits per heavy atom. The van der Waals surface area contributed by atoms with Crippen LogP contribution in [0.5, 0.6) is 0 Å². The molecule has 0 aliphatic heterocycles. The summed E-state index contributed by atoms with van der Waals surface area (Å²) in [4.78, 5) is 10.2. The van der Waals surface area contributed by atoms with Crippen LogP contribution in [0.3, 0.4) is 0 Å². The normalized spacial score (nSPS) is 14.4. The van der Waals surface area contributed by atoms with E-state index >= 15 is 0 Å². The molecule has 5 heteroatoms. The first-order chi connectivity index (χ1) is 7.54. The van der Waals surface area contributed by atoms with Crippen molar-refractivity contribution >= 4 is 5.69 Å². The lowest BCUT2D eigenvalue weighted by atomic mass is 10.1. The van der Waals surface area contributed by atoms with Gasteiger partial charge in [-0.3, -0.25) is 10.1 Å². The van der Waals surface area contributed by atoms with E-state index in [-0.39, 0.29) is 24.4 Å². The highest BCUT2D eigenvalue weighted by molar-refractivity contribution is 5.35. The highest BCUT2D eigenvalue weighted by atomic mass is 16.6. The molecule has 0 aliphatic rings. The molecule has 0 radical (unpaired) electrons. The van der Waals surface area contributed by atoms with Crippen molar-refractivity contribution in [2.75, 3.05) is 6.61 Å². The van der Waals surface area contributed by atoms with Gasteiger partial charge in [-0.25, -0.2) is 0 Å². The maximum Gasteiger partial charge on any atom is 0.269 e. The van der Waals surface area contributed by atoms with Gasteiger partial charge in [0.15, 0.2) is 0 Å².